The zero-order valence-corrected chi connectivity index (χ0v) is 12.9. The first kappa shape index (κ1) is 14.5. The minimum absolute atomic E-state index is 0.0381. The van der Waals surface area contributed by atoms with E-state index in [4.69, 9.17) is 4.74 Å². The molecule has 6 heteroatoms. The Morgan fingerprint density at radius 3 is 3.00 bits per heavy atom. The van der Waals surface area contributed by atoms with Crippen molar-refractivity contribution in [2.45, 2.75) is 51.2 Å². The van der Waals surface area contributed by atoms with Crippen molar-refractivity contribution in [2.24, 2.45) is 0 Å². The average molecular weight is 330 g/mol. The summed E-state index contributed by atoms with van der Waals surface area (Å²) in [6.45, 7) is 5.07. The minimum atomic E-state index is -0.165. The Labute approximate surface area is 121 Å². The van der Waals surface area contributed by atoms with E-state index in [-0.39, 0.29) is 11.2 Å². The van der Waals surface area contributed by atoms with E-state index < -0.39 is 0 Å². The molecule has 0 aromatic carbocycles. The van der Waals surface area contributed by atoms with Crippen molar-refractivity contribution in [3.8, 4) is 0 Å². The van der Waals surface area contributed by atoms with Gasteiger partial charge in [0.1, 0.15) is 10.3 Å². The Morgan fingerprint density at radius 1 is 1.58 bits per heavy atom. The van der Waals surface area contributed by atoms with Crippen molar-refractivity contribution in [3.63, 3.8) is 0 Å². The van der Waals surface area contributed by atoms with E-state index in [1.165, 1.54) is 6.33 Å². The van der Waals surface area contributed by atoms with Gasteiger partial charge in [0, 0.05) is 12.6 Å². The van der Waals surface area contributed by atoms with Crippen LogP contribution in [0, 0.1) is 0 Å². The van der Waals surface area contributed by atoms with Gasteiger partial charge in [0.05, 0.1) is 11.9 Å². The number of H-pyrrole nitrogens is 1. The van der Waals surface area contributed by atoms with Crippen LogP contribution in [0.5, 0.6) is 0 Å². The Morgan fingerprint density at radius 2 is 2.32 bits per heavy atom. The highest BCUT2D eigenvalue weighted by Gasteiger charge is 2.34. The topological polar surface area (TPSA) is 67.0 Å². The second-order valence-electron chi connectivity index (χ2n) is 4.97. The maximum Gasteiger partial charge on any atom is 0.267 e. The number of hydrogen-bond donors (Lipinski definition) is 2. The highest BCUT2D eigenvalue weighted by Crippen LogP contribution is 2.32. The van der Waals surface area contributed by atoms with Crippen molar-refractivity contribution in [2.75, 3.05) is 11.9 Å². The molecule has 1 unspecified atom stereocenters. The molecule has 0 aliphatic carbocycles. The molecule has 2 heterocycles. The molecule has 0 spiro atoms. The van der Waals surface area contributed by atoms with Gasteiger partial charge in [-0.15, -0.1) is 0 Å². The number of nitrogens with zero attached hydrogens (tertiary/aromatic N) is 1. The maximum absolute atomic E-state index is 11.5. The van der Waals surface area contributed by atoms with Crippen LogP contribution in [0.4, 0.5) is 5.82 Å². The molecule has 1 atom stereocenters. The van der Waals surface area contributed by atoms with Crippen molar-refractivity contribution in [3.05, 3.63) is 21.2 Å². The van der Waals surface area contributed by atoms with Gasteiger partial charge in [0.15, 0.2) is 0 Å². The summed E-state index contributed by atoms with van der Waals surface area (Å²) in [5, 5.41) is 3.36. The number of nitrogens with one attached hydrogen (secondary N) is 2. The third-order valence-electron chi connectivity index (χ3n) is 3.92. The Bertz CT molecular complexity index is 485. The molecule has 0 radical (unpaired) electrons. The summed E-state index contributed by atoms with van der Waals surface area (Å²) in [6.07, 6.45) is 5.31. The number of halogens is 1. The number of rotatable bonds is 4. The van der Waals surface area contributed by atoms with Crippen LogP contribution in [0.15, 0.2) is 15.6 Å². The van der Waals surface area contributed by atoms with Gasteiger partial charge in [-0.1, -0.05) is 13.8 Å². The smallest absolute Gasteiger partial charge is 0.267 e. The fourth-order valence-electron chi connectivity index (χ4n) is 2.57. The van der Waals surface area contributed by atoms with Crippen LogP contribution >= 0.6 is 15.9 Å². The largest absolute Gasteiger partial charge is 0.375 e. The lowest BCUT2D eigenvalue weighted by atomic mass is 9.86. The third kappa shape index (κ3) is 3.17. The zero-order chi connectivity index (χ0) is 13.9. The van der Waals surface area contributed by atoms with Gasteiger partial charge in [0.25, 0.3) is 5.56 Å². The molecular weight excluding hydrogens is 310 g/mol. The van der Waals surface area contributed by atoms with E-state index in [9.17, 15) is 4.79 Å². The lowest BCUT2D eigenvalue weighted by Crippen LogP contribution is -2.44. The zero-order valence-electron chi connectivity index (χ0n) is 11.3. The number of ether oxygens (including phenoxy) is 1. The lowest BCUT2D eigenvalue weighted by molar-refractivity contribution is -0.0864. The number of hydrogen-bond acceptors (Lipinski definition) is 4. The van der Waals surface area contributed by atoms with Crippen LogP contribution in [-0.4, -0.2) is 28.2 Å². The molecular formula is C13H20BrN3O2. The summed E-state index contributed by atoms with van der Waals surface area (Å²) < 4.78 is 6.40. The van der Waals surface area contributed by atoms with E-state index in [0.29, 0.717) is 16.3 Å². The van der Waals surface area contributed by atoms with Crippen LogP contribution in [0.2, 0.25) is 0 Å². The first-order chi connectivity index (χ1) is 9.10. The molecule has 1 saturated heterocycles. The molecule has 1 aromatic rings. The number of anilines is 1. The summed E-state index contributed by atoms with van der Waals surface area (Å²) >= 11 is 3.27. The molecule has 2 N–H and O–H groups in total. The van der Waals surface area contributed by atoms with Crippen LogP contribution < -0.4 is 10.9 Å². The highest BCUT2D eigenvalue weighted by molar-refractivity contribution is 9.10. The average Bonchev–Trinajstić information content (AvgIpc) is 2.44. The van der Waals surface area contributed by atoms with E-state index in [1.807, 2.05) is 0 Å². The third-order valence-corrected chi connectivity index (χ3v) is 4.65. The molecule has 1 aliphatic heterocycles. The van der Waals surface area contributed by atoms with Gasteiger partial charge in [-0.05, 0) is 41.6 Å². The molecule has 0 bridgehead atoms. The summed E-state index contributed by atoms with van der Waals surface area (Å²) in [5.74, 6) is 0.608. The maximum atomic E-state index is 11.5. The van der Waals surface area contributed by atoms with Crippen LogP contribution in [0.25, 0.3) is 0 Å². The summed E-state index contributed by atoms with van der Waals surface area (Å²) in [7, 11) is 0. The van der Waals surface area contributed by atoms with Gasteiger partial charge < -0.3 is 15.0 Å². The van der Waals surface area contributed by atoms with Crippen LogP contribution in [-0.2, 0) is 4.74 Å². The van der Waals surface area contributed by atoms with Gasteiger partial charge in [-0.3, -0.25) is 4.79 Å². The fourth-order valence-corrected chi connectivity index (χ4v) is 2.90. The predicted octanol–water partition coefficient (Wildman–Crippen LogP) is 2.68. The monoisotopic (exact) mass is 329 g/mol. The standard InChI is InChI=1S/C13H20BrN3O2/c1-3-13(4-2)7-9(5-6-19-13)17-11-10(14)12(18)16-8-15-11/h8-9H,3-7H2,1-2H3,(H2,15,16,17,18). The van der Waals surface area contributed by atoms with Crippen molar-refractivity contribution in [1.29, 1.82) is 0 Å². The van der Waals surface area contributed by atoms with Gasteiger partial charge >= 0.3 is 0 Å². The first-order valence-corrected chi connectivity index (χ1v) is 7.53. The van der Waals surface area contributed by atoms with E-state index >= 15 is 0 Å². The Kier molecular flexibility index (Phi) is 4.62. The van der Waals surface area contributed by atoms with Gasteiger partial charge in [-0.25, -0.2) is 4.98 Å². The molecule has 0 saturated carbocycles. The second-order valence-corrected chi connectivity index (χ2v) is 5.76. The SMILES string of the molecule is CCC1(CC)CC(Nc2nc[nH]c(=O)c2Br)CCO1. The van der Waals surface area contributed by atoms with E-state index in [1.54, 1.807) is 0 Å². The molecule has 2 rings (SSSR count). The van der Waals surface area contributed by atoms with E-state index in [2.05, 4.69) is 45.1 Å². The lowest BCUT2D eigenvalue weighted by Gasteiger charge is -2.40. The molecule has 1 fully saturated rings. The predicted molar refractivity (Wildman–Crippen MR) is 78.5 cm³/mol. The summed E-state index contributed by atoms with van der Waals surface area (Å²) in [6, 6.07) is 0.291. The molecule has 19 heavy (non-hydrogen) atoms. The molecule has 5 nitrogen and oxygen atoms in total. The second kappa shape index (κ2) is 6.05. The van der Waals surface area contributed by atoms with Crippen molar-refractivity contribution in [1.82, 2.24) is 9.97 Å². The molecule has 106 valence electrons. The Hall–Kier alpha value is -0.880. The van der Waals surface area contributed by atoms with Crippen molar-refractivity contribution >= 4 is 21.7 Å². The van der Waals surface area contributed by atoms with Crippen LogP contribution in [0.1, 0.15) is 39.5 Å². The Balaban J connectivity index is 2.11. The van der Waals surface area contributed by atoms with Crippen LogP contribution in [0.3, 0.4) is 0 Å². The first-order valence-electron chi connectivity index (χ1n) is 6.74. The molecule has 0 amide bonds. The van der Waals surface area contributed by atoms with Crippen molar-refractivity contribution < 1.29 is 4.74 Å². The summed E-state index contributed by atoms with van der Waals surface area (Å²) in [5.41, 5.74) is -0.203. The van der Waals surface area contributed by atoms with Gasteiger partial charge in [0.2, 0.25) is 0 Å². The quantitative estimate of drug-likeness (QED) is 0.891. The molecule has 1 aromatic heterocycles. The number of aromatic amines is 1. The van der Waals surface area contributed by atoms with E-state index in [0.717, 1.165) is 32.3 Å². The minimum Gasteiger partial charge on any atom is -0.375 e. The summed E-state index contributed by atoms with van der Waals surface area (Å²) in [4.78, 5) is 18.2. The fraction of sp³-hybridized carbons (Fsp3) is 0.692. The molecule has 1 aliphatic rings. The highest BCUT2D eigenvalue weighted by atomic mass is 79.9. The van der Waals surface area contributed by atoms with Gasteiger partial charge in [-0.2, -0.15) is 0 Å². The normalized spacial score (nSPS) is 22.2. The number of aromatic nitrogens is 2.